The first-order valence-electron chi connectivity index (χ1n) is 8.84. The fourth-order valence-corrected chi connectivity index (χ4v) is 3.86. The predicted octanol–water partition coefficient (Wildman–Crippen LogP) is 4.35. The monoisotopic (exact) mass is 329 g/mol. The molecule has 3 aromatic rings. The Morgan fingerprint density at radius 1 is 0.800 bits per heavy atom. The van der Waals surface area contributed by atoms with E-state index in [1.165, 1.54) is 5.56 Å². The van der Waals surface area contributed by atoms with E-state index in [0.717, 1.165) is 29.7 Å². The molecule has 1 fully saturated rings. The maximum atomic E-state index is 12.0. The molecule has 25 heavy (non-hydrogen) atoms. The Balaban J connectivity index is 1.94. The summed E-state index contributed by atoms with van der Waals surface area (Å²) in [5.74, 6) is 0. The van der Waals surface area contributed by atoms with Crippen LogP contribution in [0.1, 0.15) is 34.7 Å². The van der Waals surface area contributed by atoms with E-state index in [1.54, 1.807) is 0 Å². The van der Waals surface area contributed by atoms with Crippen molar-refractivity contribution in [2.24, 2.45) is 0 Å². The summed E-state index contributed by atoms with van der Waals surface area (Å²) in [4.78, 5) is 2.34. The molecule has 1 heterocycles. The van der Waals surface area contributed by atoms with Crippen LogP contribution in [0, 0.1) is 0 Å². The summed E-state index contributed by atoms with van der Waals surface area (Å²) in [5.41, 5.74) is 2.83. The van der Waals surface area contributed by atoms with Gasteiger partial charge in [0.05, 0.1) is 0 Å². The minimum absolute atomic E-state index is 0.371. The highest BCUT2D eigenvalue weighted by Crippen LogP contribution is 2.43. The van der Waals surface area contributed by atoms with Crippen molar-refractivity contribution in [1.29, 1.82) is 0 Å². The second-order valence-corrected chi connectivity index (χ2v) is 6.81. The second kappa shape index (κ2) is 6.47. The van der Waals surface area contributed by atoms with E-state index in [0.29, 0.717) is 6.04 Å². The number of aliphatic hydroxyl groups is 1. The van der Waals surface area contributed by atoms with Gasteiger partial charge in [0.25, 0.3) is 0 Å². The lowest BCUT2D eigenvalue weighted by atomic mass is 9.76. The van der Waals surface area contributed by atoms with E-state index in [9.17, 15) is 5.11 Å². The third kappa shape index (κ3) is 2.68. The standard InChI is InChI=1S/C23H23NO/c1-24-17-16-22(24)20-14-8-9-15-21(20)23(25,18-10-4-2-5-11-18)19-12-6-3-7-13-19/h2-15,22,25H,16-17H2,1H3/t22-/m0/s1. The van der Waals surface area contributed by atoms with Crippen molar-refractivity contribution in [1.82, 2.24) is 4.90 Å². The van der Waals surface area contributed by atoms with Crippen LogP contribution < -0.4 is 0 Å². The van der Waals surface area contributed by atoms with Crippen LogP contribution in [0.15, 0.2) is 84.9 Å². The summed E-state index contributed by atoms with van der Waals surface area (Å²) in [7, 11) is 2.15. The minimum atomic E-state index is -1.16. The topological polar surface area (TPSA) is 23.5 Å². The third-order valence-corrected chi connectivity index (χ3v) is 5.38. The summed E-state index contributed by atoms with van der Waals surface area (Å²) in [6, 6.07) is 28.6. The normalized spacial score (nSPS) is 17.9. The van der Waals surface area contributed by atoms with Gasteiger partial charge in [0, 0.05) is 12.6 Å². The Labute approximate surface area is 149 Å². The van der Waals surface area contributed by atoms with Crippen molar-refractivity contribution in [2.75, 3.05) is 13.6 Å². The largest absolute Gasteiger partial charge is 0.376 e. The first-order chi connectivity index (χ1) is 12.2. The molecule has 0 spiro atoms. The molecule has 0 aromatic heterocycles. The molecule has 0 amide bonds. The maximum absolute atomic E-state index is 12.0. The molecule has 1 aliphatic heterocycles. The van der Waals surface area contributed by atoms with Crippen LogP contribution in [0.25, 0.3) is 0 Å². The highest BCUT2D eigenvalue weighted by Gasteiger charge is 2.38. The van der Waals surface area contributed by atoms with Crippen LogP contribution in [-0.4, -0.2) is 23.6 Å². The third-order valence-electron chi connectivity index (χ3n) is 5.38. The van der Waals surface area contributed by atoms with Crippen molar-refractivity contribution in [3.05, 3.63) is 107 Å². The molecule has 3 aromatic carbocycles. The van der Waals surface area contributed by atoms with E-state index in [1.807, 2.05) is 66.7 Å². The Hall–Kier alpha value is -2.42. The molecule has 126 valence electrons. The Kier molecular flexibility index (Phi) is 4.16. The first kappa shape index (κ1) is 16.1. The van der Waals surface area contributed by atoms with Crippen molar-refractivity contribution >= 4 is 0 Å². The molecule has 4 rings (SSSR count). The van der Waals surface area contributed by atoms with Crippen LogP contribution in [0.4, 0.5) is 0 Å². The molecule has 0 saturated carbocycles. The van der Waals surface area contributed by atoms with Crippen LogP contribution >= 0.6 is 0 Å². The lowest BCUT2D eigenvalue weighted by Gasteiger charge is -2.42. The summed E-state index contributed by atoms with van der Waals surface area (Å²) >= 11 is 0. The molecule has 2 heteroatoms. The molecule has 1 saturated heterocycles. The average molecular weight is 329 g/mol. The van der Waals surface area contributed by atoms with Crippen LogP contribution in [0.3, 0.4) is 0 Å². The maximum Gasteiger partial charge on any atom is 0.140 e. The highest BCUT2D eigenvalue weighted by atomic mass is 16.3. The Morgan fingerprint density at radius 2 is 1.32 bits per heavy atom. The number of likely N-dealkylation sites (tertiary alicyclic amines) is 1. The molecule has 1 N–H and O–H groups in total. The minimum Gasteiger partial charge on any atom is -0.376 e. The second-order valence-electron chi connectivity index (χ2n) is 6.81. The molecule has 1 atom stereocenters. The van der Waals surface area contributed by atoms with Gasteiger partial charge in [-0.1, -0.05) is 84.9 Å². The van der Waals surface area contributed by atoms with Crippen molar-refractivity contribution < 1.29 is 5.11 Å². The predicted molar refractivity (Wildman–Crippen MR) is 101 cm³/mol. The molecule has 0 bridgehead atoms. The van der Waals surface area contributed by atoms with Crippen molar-refractivity contribution in [2.45, 2.75) is 18.1 Å². The molecular weight excluding hydrogens is 306 g/mol. The number of hydrogen-bond acceptors (Lipinski definition) is 2. The van der Waals surface area contributed by atoms with Gasteiger partial charge in [-0.3, -0.25) is 4.90 Å². The van der Waals surface area contributed by atoms with Crippen molar-refractivity contribution in [3.8, 4) is 0 Å². The SMILES string of the molecule is CN1CC[C@H]1c1ccccc1C(O)(c1ccccc1)c1ccccc1. The van der Waals surface area contributed by atoms with Gasteiger partial charge in [0.15, 0.2) is 0 Å². The molecular formula is C23H23NO. The van der Waals surface area contributed by atoms with Gasteiger partial charge in [-0.25, -0.2) is 0 Å². The zero-order valence-corrected chi connectivity index (χ0v) is 14.5. The van der Waals surface area contributed by atoms with E-state index < -0.39 is 5.60 Å². The van der Waals surface area contributed by atoms with Gasteiger partial charge in [-0.05, 0) is 35.7 Å². The summed E-state index contributed by atoms with van der Waals surface area (Å²) in [6.07, 6.45) is 1.13. The molecule has 0 unspecified atom stereocenters. The smallest absolute Gasteiger partial charge is 0.140 e. The van der Waals surface area contributed by atoms with E-state index >= 15 is 0 Å². The van der Waals surface area contributed by atoms with Crippen molar-refractivity contribution in [3.63, 3.8) is 0 Å². The molecule has 1 aliphatic rings. The van der Waals surface area contributed by atoms with Crippen LogP contribution in [0.2, 0.25) is 0 Å². The zero-order chi connectivity index (χ0) is 17.3. The molecule has 0 aliphatic carbocycles. The van der Waals surface area contributed by atoms with Gasteiger partial charge in [-0.15, -0.1) is 0 Å². The van der Waals surface area contributed by atoms with Gasteiger partial charge in [0.2, 0.25) is 0 Å². The number of hydrogen-bond donors (Lipinski definition) is 1. The Morgan fingerprint density at radius 3 is 1.80 bits per heavy atom. The van der Waals surface area contributed by atoms with E-state index in [2.05, 4.69) is 30.1 Å². The van der Waals surface area contributed by atoms with Gasteiger partial charge in [-0.2, -0.15) is 0 Å². The first-order valence-corrected chi connectivity index (χ1v) is 8.84. The lowest BCUT2D eigenvalue weighted by molar-refractivity contribution is 0.104. The zero-order valence-electron chi connectivity index (χ0n) is 14.5. The van der Waals surface area contributed by atoms with E-state index in [4.69, 9.17) is 0 Å². The number of benzene rings is 3. The van der Waals surface area contributed by atoms with Gasteiger partial charge < -0.3 is 5.11 Å². The summed E-state index contributed by atoms with van der Waals surface area (Å²) in [6.45, 7) is 1.11. The summed E-state index contributed by atoms with van der Waals surface area (Å²) < 4.78 is 0. The fraction of sp³-hybridized carbons (Fsp3) is 0.217. The van der Waals surface area contributed by atoms with Crippen LogP contribution in [0.5, 0.6) is 0 Å². The van der Waals surface area contributed by atoms with Crippen LogP contribution in [-0.2, 0) is 5.60 Å². The van der Waals surface area contributed by atoms with Gasteiger partial charge in [0.1, 0.15) is 5.60 Å². The molecule has 0 radical (unpaired) electrons. The van der Waals surface area contributed by atoms with E-state index in [-0.39, 0.29) is 0 Å². The lowest BCUT2D eigenvalue weighted by Crippen LogP contribution is -2.40. The highest BCUT2D eigenvalue weighted by molar-refractivity contribution is 5.50. The van der Waals surface area contributed by atoms with Gasteiger partial charge >= 0.3 is 0 Å². The molecule has 2 nitrogen and oxygen atoms in total. The average Bonchev–Trinajstić information content (AvgIpc) is 2.68. The number of rotatable bonds is 4. The quantitative estimate of drug-likeness (QED) is 0.720. The fourth-order valence-electron chi connectivity index (χ4n) is 3.86. The number of nitrogens with zero attached hydrogens (tertiary/aromatic N) is 1. The summed E-state index contributed by atoms with van der Waals surface area (Å²) in [5, 5.41) is 12.0. The Bertz CT molecular complexity index is 805.